The fraction of sp³-hybridized carbons (Fsp3) is 0.250. The SMILES string of the molecule is [2H][C@H]1[C@H]2C=CC=C[C@@H](N3C(=O)c4ccccc4C3=O)[C@@H]12. The van der Waals surface area contributed by atoms with E-state index in [2.05, 4.69) is 0 Å². The summed E-state index contributed by atoms with van der Waals surface area (Å²) < 4.78 is 8.00. The summed E-state index contributed by atoms with van der Waals surface area (Å²) in [5, 5.41) is 0. The van der Waals surface area contributed by atoms with Gasteiger partial charge in [-0.05, 0) is 30.4 Å². The van der Waals surface area contributed by atoms with Gasteiger partial charge in [-0.2, -0.15) is 0 Å². The first-order valence-corrected chi connectivity index (χ1v) is 6.44. The molecule has 1 aliphatic heterocycles. The summed E-state index contributed by atoms with van der Waals surface area (Å²) in [5.74, 6) is -0.286. The number of carbonyl (C=O) groups is 2. The third kappa shape index (κ3) is 1.44. The largest absolute Gasteiger partial charge is 0.269 e. The Kier molecular flexibility index (Phi) is 1.88. The lowest BCUT2D eigenvalue weighted by molar-refractivity contribution is 0.0598. The average Bonchev–Trinajstić information content (AvgIpc) is 3.09. The third-order valence-electron chi connectivity index (χ3n) is 4.02. The maximum atomic E-state index is 12.5. The Balaban J connectivity index is 1.74. The van der Waals surface area contributed by atoms with Crippen LogP contribution in [0.5, 0.6) is 0 Å². The Bertz CT molecular complexity index is 644. The maximum absolute atomic E-state index is 12.5. The number of fused-ring (bicyclic) bond motifs is 2. The minimum Gasteiger partial charge on any atom is -0.269 e. The molecule has 0 bridgehead atoms. The Labute approximate surface area is 112 Å². The highest BCUT2D eigenvalue weighted by Crippen LogP contribution is 2.47. The lowest BCUT2D eigenvalue weighted by Gasteiger charge is -2.23. The smallest absolute Gasteiger partial charge is 0.262 e. The van der Waals surface area contributed by atoms with Gasteiger partial charge < -0.3 is 0 Å². The van der Waals surface area contributed by atoms with E-state index in [1.807, 2.05) is 24.3 Å². The first-order chi connectivity index (χ1) is 9.70. The van der Waals surface area contributed by atoms with Crippen LogP contribution in [0.3, 0.4) is 0 Å². The van der Waals surface area contributed by atoms with E-state index in [0.717, 1.165) is 0 Å². The number of imide groups is 1. The van der Waals surface area contributed by atoms with E-state index in [1.54, 1.807) is 24.3 Å². The molecule has 4 rings (SSSR count). The van der Waals surface area contributed by atoms with Crippen LogP contribution >= 0.6 is 0 Å². The van der Waals surface area contributed by atoms with Crippen molar-refractivity contribution in [3.63, 3.8) is 0 Å². The minimum absolute atomic E-state index is 0.0345. The van der Waals surface area contributed by atoms with Gasteiger partial charge >= 0.3 is 0 Å². The summed E-state index contributed by atoms with van der Waals surface area (Å²) in [6.07, 6.45) is 7.43. The van der Waals surface area contributed by atoms with Gasteiger partial charge in [-0.3, -0.25) is 14.5 Å². The van der Waals surface area contributed by atoms with Crippen molar-refractivity contribution in [3.8, 4) is 0 Å². The molecular formula is C16H13NO2. The first-order valence-electron chi connectivity index (χ1n) is 7.02. The number of hydrogen-bond donors (Lipinski definition) is 0. The van der Waals surface area contributed by atoms with Gasteiger partial charge in [-0.15, -0.1) is 0 Å². The molecule has 19 heavy (non-hydrogen) atoms. The molecule has 0 radical (unpaired) electrons. The van der Waals surface area contributed by atoms with Crippen molar-refractivity contribution in [1.82, 2.24) is 4.90 Å². The van der Waals surface area contributed by atoms with Crippen LogP contribution in [0.1, 0.15) is 28.5 Å². The fourth-order valence-electron chi connectivity index (χ4n) is 2.96. The molecule has 1 heterocycles. The predicted molar refractivity (Wildman–Crippen MR) is 70.6 cm³/mol. The molecule has 1 fully saturated rings. The van der Waals surface area contributed by atoms with Crippen LogP contribution < -0.4 is 0 Å². The molecule has 0 N–H and O–H groups in total. The van der Waals surface area contributed by atoms with Crippen molar-refractivity contribution in [1.29, 1.82) is 0 Å². The second-order valence-corrected chi connectivity index (χ2v) is 5.13. The summed E-state index contributed by atoms with van der Waals surface area (Å²) in [5.41, 5.74) is 0.948. The Morgan fingerprint density at radius 1 is 1.05 bits per heavy atom. The second kappa shape index (κ2) is 3.67. The molecule has 0 aromatic heterocycles. The van der Waals surface area contributed by atoms with Crippen LogP contribution in [0.25, 0.3) is 0 Å². The lowest BCUT2D eigenvalue weighted by Crippen LogP contribution is -2.40. The monoisotopic (exact) mass is 252 g/mol. The molecule has 0 spiro atoms. The molecule has 2 aliphatic carbocycles. The van der Waals surface area contributed by atoms with E-state index in [4.69, 9.17) is 1.37 Å². The van der Waals surface area contributed by atoms with Crippen LogP contribution in [0.15, 0.2) is 48.6 Å². The van der Waals surface area contributed by atoms with Crippen molar-refractivity contribution in [2.24, 2.45) is 11.8 Å². The molecule has 3 aliphatic rings. The van der Waals surface area contributed by atoms with Gasteiger partial charge in [0.15, 0.2) is 0 Å². The summed E-state index contributed by atoms with van der Waals surface area (Å²) >= 11 is 0. The molecule has 3 heteroatoms. The van der Waals surface area contributed by atoms with Crippen LogP contribution in [-0.2, 0) is 0 Å². The number of rotatable bonds is 1. The van der Waals surface area contributed by atoms with E-state index in [9.17, 15) is 9.59 Å². The van der Waals surface area contributed by atoms with Gasteiger partial charge in [0.05, 0.1) is 17.2 Å². The standard InChI is InChI=1S/C16H13NO2/c18-15-11-6-2-3-7-12(11)16(19)17(15)14-8-4-1-5-10-9-13(10)14/h1-8,10,13-14H,9H2/t10-,13+,14-/m1/s1/i9D/t9-,10+,13-,14+/m0. The second-order valence-electron chi connectivity index (χ2n) is 5.13. The number of amides is 2. The first kappa shape index (κ1) is 9.73. The number of hydrogen-bond acceptors (Lipinski definition) is 2. The zero-order valence-corrected chi connectivity index (χ0v) is 10.2. The van der Waals surface area contributed by atoms with Gasteiger partial charge in [0.1, 0.15) is 0 Å². The maximum Gasteiger partial charge on any atom is 0.262 e. The van der Waals surface area contributed by atoms with Crippen LogP contribution in [-0.4, -0.2) is 22.8 Å². The highest BCUT2D eigenvalue weighted by Gasteiger charge is 2.49. The summed E-state index contributed by atoms with van der Waals surface area (Å²) in [7, 11) is 0. The molecule has 0 saturated heterocycles. The van der Waals surface area contributed by atoms with Crippen LogP contribution in [0.2, 0.25) is 0 Å². The van der Waals surface area contributed by atoms with Gasteiger partial charge in [0.2, 0.25) is 0 Å². The van der Waals surface area contributed by atoms with E-state index in [-0.39, 0.29) is 36.1 Å². The molecule has 2 amide bonds. The van der Waals surface area contributed by atoms with Crippen LogP contribution in [0.4, 0.5) is 0 Å². The van der Waals surface area contributed by atoms with Crippen molar-refractivity contribution in [2.75, 3.05) is 0 Å². The number of nitrogens with zero attached hydrogens (tertiary/aromatic N) is 1. The topological polar surface area (TPSA) is 37.4 Å². The Morgan fingerprint density at radius 2 is 1.68 bits per heavy atom. The van der Waals surface area contributed by atoms with E-state index < -0.39 is 0 Å². The molecule has 1 aromatic carbocycles. The lowest BCUT2D eigenvalue weighted by atomic mass is 10.1. The quantitative estimate of drug-likeness (QED) is 0.720. The van der Waals surface area contributed by atoms with E-state index in [0.29, 0.717) is 11.1 Å². The van der Waals surface area contributed by atoms with Crippen LogP contribution in [0, 0.1) is 11.8 Å². The Morgan fingerprint density at radius 3 is 2.37 bits per heavy atom. The zero-order valence-electron chi connectivity index (χ0n) is 11.2. The predicted octanol–water partition coefficient (Wildman–Crippen LogP) is 2.41. The molecule has 94 valence electrons. The molecule has 3 nitrogen and oxygen atoms in total. The number of allylic oxidation sites excluding steroid dienone is 3. The van der Waals surface area contributed by atoms with E-state index >= 15 is 0 Å². The number of benzene rings is 1. The highest BCUT2D eigenvalue weighted by molar-refractivity contribution is 6.21. The van der Waals surface area contributed by atoms with Gasteiger partial charge in [0, 0.05) is 1.37 Å². The van der Waals surface area contributed by atoms with Crippen molar-refractivity contribution in [3.05, 3.63) is 59.7 Å². The zero-order chi connectivity index (χ0) is 13.9. The summed E-state index contributed by atoms with van der Waals surface area (Å²) in [6.45, 7) is 0. The molecular weight excluding hydrogens is 238 g/mol. The van der Waals surface area contributed by atoms with Crippen molar-refractivity contribution >= 4 is 11.8 Å². The molecule has 4 atom stereocenters. The van der Waals surface area contributed by atoms with Crippen molar-refractivity contribution < 1.29 is 11.0 Å². The summed E-state index contributed by atoms with van der Waals surface area (Å²) in [6, 6.07) is 6.62. The van der Waals surface area contributed by atoms with E-state index in [1.165, 1.54) is 4.90 Å². The number of carbonyl (C=O) groups excluding carboxylic acids is 2. The summed E-state index contributed by atoms with van der Waals surface area (Å²) in [4.78, 5) is 26.3. The molecule has 0 unspecified atom stereocenters. The van der Waals surface area contributed by atoms with Gasteiger partial charge in [-0.25, -0.2) is 0 Å². The normalized spacial score (nSPS) is 35.8. The van der Waals surface area contributed by atoms with Gasteiger partial charge in [0.25, 0.3) is 11.8 Å². The average molecular weight is 252 g/mol. The van der Waals surface area contributed by atoms with Gasteiger partial charge in [-0.1, -0.05) is 36.4 Å². The molecule has 1 saturated carbocycles. The third-order valence-corrected chi connectivity index (χ3v) is 4.02. The highest BCUT2D eigenvalue weighted by atomic mass is 16.2. The minimum atomic E-state index is -0.301. The Hall–Kier alpha value is -2.16. The molecule has 1 aromatic rings. The van der Waals surface area contributed by atoms with Crippen molar-refractivity contribution in [2.45, 2.75) is 12.4 Å². The fourth-order valence-corrected chi connectivity index (χ4v) is 2.96.